The largest absolute Gasteiger partial charge is 0.381 e. The Hall–Kier alpha value is -2.94. The van der Waals surface area contributed by atoms with Crippen molar-refractivity contribution in [2.45, 2.75) is 13.5 Å². The lowest BCUT2D eigenvalue weighted by atomic mass is 10.1. The molecule has 2 aromatic rings. The second-order valence-electron chi connectivity index (χ2n) is 4.57. The van der Waals surface area contributed by atoms with Crippen molar-refractivity contribution in [3.8, 4) is 6.07 Å². The van der Waals surface area contributed by atoms with Gasteiger partial charge in [0.1, 0.15) is 5.82 Å². The molecule has 0 bridgehead atoms. The lowest BCUT2D eigenvalue weighted by molar-refractivity contribution is -0.385. The molecular weight excluding hydrogens is 273 g/mol. The van der Waals surface area contributed by atoms with E-state index in [0.717, 1.165) is 17.3 Å². The molecule has 0 saturated heterocycles. The topological polar surface area (TPSA) is 79.0 Å². The summed E-state index contributed by atoms with van der Waals surface area (Å²) in [6, 6.07) is 10.7. The third kappa shape index (κ3) is 3.54. The molecule has 0 aromatic heterocycles. The molecule has 0 saturated carbocycles. The SMILES string of the molecule is Cc1ccc(C#N)cc1NCc1cc(F)cc([N+](=O)[O-])c1. The average Bonchev–Trinajstić information content (AvgIpc) is 2.46. The van der Waals surface area contributed by atoms with Crippen LogP contribution in [0.15, 0.2) is 36.4 Å². The Morgan fingerprint density at radius 1 is 1.33 bits per heavy atom. The minimum Gasteiger partial charge on any atom is -0.381 e. The van der Waals surface area contributed by atoms with E-state index in [0.29, 0.717) is 11.1 Å². The second kappa shape index (κ2) is 6.01. The van der Waals surface area contributed by atoms with Crippen molar-refractivity contribution in [2.24, 2.45) is 0 Å². The highest BCUT2D eigenvalue weighted by molar-refractivity contribution is 5.55. The summed E-state index contributed by atoms with van der Waals surface area (Å²) in [5, 5.41) is 22.6. The Labute approximate surface area is 120 Å². The summed E-state index contributed by atoms with van der Waals surface area (Å²) < 4.78 is 13.3. The van der Waals surface area contributed by atoms with Gasteiger partial charge in [-0.25, -0.2) is 4.39 Å². The fourth-order valence-corrected chi connectivity index (χ4v) is 1.92. The lowest BCUT2D eigenvalue weighted by Crippen LogP contribution is -2.03. The average molecular weight is 285 g/mol. The monoisotopic (exact) mass is 285 g/mol. The third-order valence-corrected chi connectivity index (χ3v) is 3.00. The van der Waals surface area contributed by atoms with Crippen LogP contribution < -0.4 is 5.32 Å². The molecule has 0 heterocycles. The Bertz CT molecular complexity index is 738. The quantitative estimate of drug-likeness (QED) is 0.688. The number of non-ortho nitro benzene ring substituents is 1. The predicted octanol–water partition coefficient (Wildman–Crippen LogP) is 3.53. The highest BCUT2D eigenvalue weighted by atomic mass is 19.1. The zero-order chi connectivity index (χ0) is 15.4. The van der Waals surface area contributed by atoms with Crippen molar-refractivity contribution >= 4 is 11.4 Å². The van der Waals surface area contributed by atoms with Gasteiger partial charge in [-0.2, -0.15) is 5.26 Å². The Kier molecular flexibility index (Phi) is 4.14. The van der Waals surface area contributed by atoms with Gasteiger partial charge in [-0.1, -0.05) is 6.07 Å². The minimum atomic E-state index is -0.650. The van der Waals surface area contributed by atoms with E-state index in [-0.39, 0.29) is 12.2 Å². The summed E-state index contributed by atoms with van der Waals surface area (Å²) >= 11 is 0. The van der Waals surface area contributed by atoms with Crippen molar-refractivity contribution < 1.29 is 9.31 Å². The van der Waals surface area contributed by atoms with Gasteiger partial charge in [-0.3, -0.25) is 10.1 Å². The van der Waals surface area contributed by atoms with E-state index >= 15 is 0 Å². The maximum Gasteiger partial charge on any atom is 0.272 e. The number of halogens is 1. The predicted molar refractivity (Wildman–Crippen MR) is 76.3 cm³/mol. The van der Waals surface area contributed by atoms with Crippen LogP contribution in [0, 0.1) is 34.2 Å². The van der Waals surface area contributed by atoms with Crippen LogP contribution in [0.25, 0.3) is 0 Å². The van der Waals surface area contributed by atoms with Crippen molar-refractivity contribution in [3.05, 3.63) is 69.0 Å². The summed E-state index contributed by atoms with van der Waals surface area (Å²) in [6.45, 7) is 2.10. The first-order chi connectivity index (χ1) is 9.99. The summed E-state index contributed by atoms with van der Waals surface area (Å²) in [5.74, 6) is -0.650. The number of nitrogens with zero attached hydrogens (tertiary/aromatic N) is 2. The summed E-state index contributed by atoms with van der Waals surface area (Å²) in [7, 11) is 0. The number of nitrogens with one attached hydrogen (secondary N) is 1. The van der Waals surface area contributed by atoms with Gasteiger partial charge in [0.25, 0.3) is 5.69 Å². The zero-order valence-electron chi connectivity index (χ0n) is 11.3. The Morgan fingerprint density at radius 3 is 2.76 bits per heavy atom. The molecule has 1 N–H and O–H groups in total. The number of hydrogen-bond donors (Lipinski definition) is 1. The fraction of sp³-hybridized carbons (Fsp3) is 0.133. The van der Waals surface area contributed by atoms with Gasteiger partial charge in [0.05, 0.1) is 22.6 Å². The molecule has 21 heavy (non-hydrogen) atoms. The molecule has 0 spiro atoms. The molecule has 106 valence electrons. The number of anilines is 1. The molecule has 0 aliphatic heterocycles. The number of nitro groups is 1. The smallest absolute Gasteiger partial charge is 0.272 e. The van der Waals surface area contributed by atoms with E-state index in [1.807, 2.05) is 13.0 Å². The van der Waals surface area contributed by atoms with Gasteiger partial charge in [0, 0.05) is 18.3 Å². The molecule has 0 radical (unpaired) electrons. The van der Waals surface area contributed by atoms with Crippen LogP contribution in [0.2, 0.25) is 0 Å². The molecule has 0 atom stereocenters. The number of aryl methyl sites for hydroxylation is 1. The van der Waals surface area contributed by atoms with Gasteiger partial charge >= 0.3 is 0 Å². The summed E-state index contributed by atoms with van der Waals surface area (Å²) in [5.41, 5.74) is 2.35. The van der Waals surface area contributed by atoms with Crippen molar-refractivity contribution in [2.75, 3.05) is 5.32 Å². The summed E-state index contributed by atoms with van der Waals surface area (Å²) in [4.78, 5) is 10.1. The molecule has 0 aliphatic rings. The van der Waals surface area contributed by atoms with Gasteiger partial charge in [-0.05, 0) is 36.2 Å². The van der Waals surface area contributed by atoms with E-state index in [4.69, 9.17) is 5.26 Å². The standard InChI is InChI=1S/C15H12FN3O2/c1-10-2-3-11(8-17)6-15(10)18-9-12-4-13(16)7-14(5-12)19(20)21/h2-7,18H,9H2,1H3. The zero-order valence-corrected chi connectivity index (χ0v) is 11.3. The number of rotatable bonds is 4. The first kappa shape index (κ1) is 14.5. The third-order valence-electron chi connectivity index (χ3n) is 3.00. The first-order valence-corrected chi connectivity index (χ1v) is 6.18. The van der Waals surface area contributed by atoms with Gasteiger partial charge in [0.2, 0.25) is 0 Å². The highest BCUT2D eigenvalue weighted by Gasteiger charge is 2.10. The van der Waals surface area contributed by atoms with Gasteiger partial charge in [0.15, 0.2) is 0 Å². The van der Waals surface area contributed by atoms with Crippen LogP contribution in [0.4, 0.5) is 15.8 Å². The molecule has 0 amide bonds. The minimum absolute atomic E-state index is 0.230. The van der Waals surface area contributed by atoms with E-state index in [1.54, 1.807) is 18.2 Å². The lowest BCUT2D eigenvalue weighted by Gasteiger charge is -2.10. The maximum absolute atomic E-state index is 13.3. The van der Waals surface area contributed by atoms with Crippen molar-refractivity contribution in [3.63, 3.8) is 0 Å². The Balaban J connectivity index is 2.20. The number of nitriles is 1. The van der Waals surface area contributed by atoms with Crippen LogP contribution >= 0.6 is 0 Å². The molecule has 0 aliphatic carbocycles. The van der Waals surface area contributed by atoms with E-state index in [1.165, 1.54) is 12.1 Å². The molecule has 0 fully saturated rings. The van der Waals surface area contributed by atoms with Crippen molar-refractivity contribution in [1.29, 1.82) is 5.26 Å². The van der Waals surface area contributed by atoms with E-state index in [2.05, 4.69) is 5.32 Å². The Morgan fingerprint density at radius 2 is 2.10 bits per heavy atom. The number of hydrogen-bond acceptors (Lipinski definition) is 4. The van der Waals surface area contributed by atoms with Crippen LogP contribution in [0.1, 0.15) is 16.7 Å². The second-order valence-corrected chi connectivity index (χ2v) is 4.57. The maximum atomic E-state index is 13.3. The summed E-state index contributed by atoms with van der Waals surface area (Å²) in [6.07, 6.45) is 0. The van der Waals surface area contributed by atoms with Crippen LogP contribution in [-0.2, 0) is 6.54 Å². The van der Waals surface area contributed by atoms with Gasteiger partial charge in [-0.15, -0.1) is 0 Å². The molecular formula is C15H12FN3O2. The van der Waals surface area contributed by atoms with E-state index < -0.39 is 10.7 Å². The van der Waals surface area contributed by atoms with Crippen LogP contribution in [-0.4, -0.2) is 4.92 Å². The first-order valence-electron chi connectivity index (χ1n) is 6.18. The molecule has 6 heteroatoms. The molecule has 2 rings (SSSR count). The van der Waals surface area contributed by atoms with Gasteiger partial charge < -0.3 is 5.32 Å². The highest BCUT2D eigenvalue weighted by Crippen LogP contribution is 2.20. The molecule has 2 aromatic carbocycles. The van der Waals surface area contributed by atoms with Crippen LogP contribution in [0.3, 0.4) is 0 Å². The number of nitro benzene ring substituents is 1. The van der Waals surface area contributed by atoms with Crippen molar-refractivity contribution in [1.82, 2.24) is 0 Å². The van der Waals surface area contributed by atoms with Crippen LogP contribution in [0.5, 0.6) is 0 Å². The fourth-order valence-electron chi connectivity index (χ4n) is 1.92. The molecule has 5 nitrogen and oxygen atoms in total. The molecule has 0 unspecified atom stereocenters. The number of benzene rings is 2. The normalized spacial score (nSPS) is 9.95. The van der Waals surface area contributed by atoms with E-state index in [9.17, 15) is 14.5 Å².